The molecule has 82 valence electrons. The van der Waals surface area contributed by atoms with Crippen molar-refractivity contribution in [2.24, 2.45) is 0 Å². The molecule has 0 aliphatic rings. The molecule has 0 unspecified atom stereocenters. The zero-order valence-electron chi connectivity index (χ0n) is 7.66. The Balaban J connectivity index is 2.93. The summed E-state index contributed by atoms with van der Waals surface area (Å²) in [4.78, 5) is 22.0. The van der Waals surface area contributed by atoms with E-state index in [4.69, 9.17) is 5.11 Å². The standard InChI is InChI=1S/C10H4BrFO4/c11-7-2-4(12)1-6-5(7)3-8(9(13)14)16-10(6)15/h1-3H,(H,13,14). The maximum absolute atomic E-state index is 13.0. The van der Waals surface area contributed by atoms with Crippen LogP contribution in [0.15, 0.2) is 31.9 Å². The van der Waals surface area contributed by atoms with Crippen LogP contribution in [0.5, 0.6) is 0 Å². The summed E-state index contributed by atoms with van der Waals surface area (Å²) in [5, 5.41) is 8.99. The van der Waals surface area contributed by atoms with Crippen LogP contribution in [0.4, 0.5) is 4.39 Å². The normalized spacial score (nSPS) is 10.6. The van der Waals surface area contributed by atoms with Gasteiger partial charge in [0.05, 0.1) is 5.39 Å². The van der Waals surface area contributed by atoms with Crippen LogP contribution in [-0.4, -0.2) is 11.1 Å². The molecular formula is C10H4BrFO4. The van der Waals surface area contributed by atoms with Gasteiger partial charge < -0.3 is 9.52 Å². The molecule has 16 heavy (non-hydrogen) atoms. The molecule has 1 N–H and O–H groups in total. The monoisotopic (exact) mass is 286 g/mol. The number of carboxylic acid groups (broad SMARTS) is 1. The lowest BCUT2D eigenvalue weighted by atomic mass is 10.1. The van der Waals surface area contributed by atoms with Crippen molar-refractivity contribution in [2.75, 3.05) is 0 Å². The van der Waals surface area contributed by atoms with E-state index in [0.29, 0.717) is 9.86 Å². The van der Waals surface area contributed by atoms with Crippen LogP contribution in [0.3, 0.4) is 0 Å². The number of carbonyl (C=O) groups is 1. The first kappa shape index (κ1) is 10.8. The van der Waals surface area contributed by atoms with Gasteiger partial charge in [-0.2, -0.15) is 0 Å². The van der Waals surface area contributed by atoms with Crippen molar-refractivity contribution in [2.45, 2.75) is 0 Å². The van der Waals surface area contributed by atoms with Crippen molar-refractivity contribution in [3.63, 3.8) is 0 Å². The first-order valence-electron chi connectivity index (χ1n) is 4.15. The molecule has 1 heterocycles. The summed E-state index contributed by atoms with van der Waals surface area (Å²) < 4.78 is 17.8. The molecule has 0 atom stereocenters. The van der Waals surface area contributed by atoms with E-state index in [9.17, 15) is 14.0 Å². The molecular weight excluding hydrogens is 283 g/mol. The molecule has 0 amide bonds. The third-order valence-corrected chi connectivity index (χ3v) is 2.66. The summed E-state index contributed by atoms with van der Waals surface area (Å²) >= 11 is 3.05. The van der Waals surface area contributed by atoms with E-state index in [1.807, 2.05) is 0 Å². The molecule has 2 aromatic rings. The first-order chi connectivity index (χ1) is 7.49. The minimum absolute atomic E-state index is 0.00289. The SMILES string of the molecule is O=C(O)c1cc2c(Br)cc(F)cc2c(=O)o1. The zero-order chi connectivity index (χ0) is 11.9. The summed E-state index contributed by atoms with van der Waals surface area (Å²) in [6, 6.07) is 3.31. The summed E-state index contributed by atoms with van der Waals surface area (Å²) in [7, 11) is 0. The van der Waals surface area contributed by atoms with Crippen LogP contribution in [0.2, 0.25) is 0 Å². The summed E-state index contributed by atoms with van der Waals surface area (Å²) in [6.07, 6.45) is 0. The van der Waals surface area contributed by atoms with Crippen molar-refractivity contribution in [1.82, 2.24) is 0 Å². The third kappa shape index (κ3) is 1.71. The van der Waals surface area contributed by atoms with Crippen LogP contribution in [0.1, 0.15) is 10.6 Å². The second-order valence-corrected chi connectivity index (χ2v) is 3.91. The number of benzene rings is 1. The molecule has 0 aliphatic heterocycles. The lowest BCUT2D eigenvalue weighted by molar-refractivity contribution is 0.0658. The van der Waals surface area contributed by atoms with E-state index < -0.39 is 23.2 Å². The summed E-state index contributed by atoms with van der Waals surface area (Å²) in [5.74, 6) is -2.44. The van der Waals surface area contributed by atoms with Gasteiger partial charge in [0.25, 0.3) is 0 Å². The van der Waals surface area contributed by atoms with Crippen molar-refractivity contribution in [3.8, 4) is 0 Å². The highest BCUT2D eigenvalue weighted by atomic mass is 79.9. The molecule has 0 radical (unpaired) electrons. The van der Waals surface area contributed by atoms with E-state index >= 15 is 0 Å². The van der Waals surface area contributed by atoms with Gasteiger partial charge in [0.1, 0.15) is 5.82 Å². The Bertz CT molecular complexity index is 647. The Hall–Kier alpha value is -1.69. The van der Waals surface area contributed by atoms with E-state index in [1.54, 1.807) is 0 Å². The van der Waals surface area contributed by atoms with Gasteiger partial charge in [-0.3, -0.25) is 0 Å². The Labute approximate surface area is 96.4 Å². The largest absolute Gasteiger partial charge is 0.475 e. The molecule has 0 fully saturated rings. The van der Waals surface area contributed by atoms with Crippen LogP contribution in [0.25, 0.3) is 10.8 Å². The smallest absolute Gasteiger partial charge is 0.371 e. The Morgan fingerprint density at radius 2 is 2.00 bits per heavy atom. The molecule has 1 aromatic carbocycles. The number of rotatable bonds is 1. The molecule has 0 saturated carbocycles. The highest BCUT2D eigenvalue weighted by Crippen LogP contribution is 2.24. The van der Waals surface area contributed by atoms with Crippen molar-refractivity contribution < 1.29 is 18.7 Å². The van der Waals surface area contributed by atoms with Crippen LogP contribution in [-0.2, 0) is 0 Å². The second-order valence-electron chi connectivity index (χ2n) is 3.05. The molecule has 0 saturated heterocycles. The van der Waals surface area contributed by atoms with Crippen molar-refractivity contribution in [1.29, 1.82) is 0 Å². The van der Waals surface area contributed by atoms with Gasteiger partial charge >= 0.3 is 11.6 Å². The molecule has 6 heteroatoms. The highest BCUT2D eigenvalue weighted by Gasteiger charge is 2.13. The fraction of sp³-hybridized carbons (Fsp3) is 0. The van der Waals surface area contributed by atoms with E-state index in [1.165, 1.54) is 6.07 Å². The van der Waals surface area contributed by atoms with Gasteiger partial charge in [-0.05, 0) is 18.2 Å². The summed E-state index contributed by atoms with van der Waals surface area (Å²) in [6.45, 7) is 0. The topological polar surface area (TPSA) is 67.5 Å². The van der Waals surface area contributed by atoms with Gasteiger partial charge in [-0.1, -0.05) is 15.9 Å². The fourth-order valence-corrected chi connectivity index (χ4v) is 1.87. The van der Waals surface area contributed by atoms with Gasteiger partial charge in [0, 0.05) is 9.86 Å². The fourth-order valence-electron chi connectivity index (χ4n) is 1.32. The summed E-state index contributed by atoms with van der Waals surface area (Å²) in [5.41, 5.74) is -0.880. The minimum atomic E-state index is -1.35. The number of hydrogen-bond acceptors (Lipinski definition) is 3. The quantitative estimate of drug-likeness (QED) is 0.874. The van der Waals surface area contributed by atoms with Gasteiger partial charge in [0.2, 0.25) is 5.76 Å². The third-order valence-electron chi connectivity index (χ3n) is 2.00. The van der Waals surface area contributed by atoms with E-state index in [0.717, 1.165) is 12.1 Å². The highest BCUT2D eigenvalue weighted by molar-refractivity contribution is 9.10. The zero-order valence-corrected chi connectivity index (χ0v) is 9.25. The Kier molecular flexibility index (Phi) is 2.51. The molecule has 2 rings (SSSR count). The predicted octanol–water partition coefficient (Wildman–Crippen LogP) is 2.39. The maximum Gasteiger partial charge on any atom is 0.371 e. The van der Waals surface area contributed by atoms with Gasteiger partial charge in [-0.25, -0.2) is 14.0 Å². The van der Waals surface area contributed by atoms with Crippen LogP contribution >= 0.6 is 15.9 Å². The number of halogens is 2. The number of aromatic carboxylic acids is 1. The van der Waals surface area contributed by atoms with Gasteiger partial charge in [-0.15, -0.1) is 0 Å². The van der Waals surface area contributed by atoms with Gasteiger partial charge in [0.15, 0.2) is 0 Å². The average molecular weight is 287 g/mol. The number of fused-ring (bicyclic) bond motifs is 1. The minimum Gasteiger partial charge on any atom is -0.475 e. The lowest BCUT2D eigenvalue weighted by Gasteiger charge is -2.01. The van der Waals surface area contributed by atoms with Crippen LogP contribution in [0, 0.1) is 5.82 Å². The molecule has 4 nitrogen and oxygen atoms in total. The number of carboxylic acids is 1. The van der Waals surface area contributed by atoms with Crippen molar-refractivity contribution in [3.05, 3.63) is 44.7 Å². The van der Waals surface area contributed by atoms with Crippen molar-refractivity contribution >= 4 is 32.7 Å². The average Bonchev–Trinajstić information content (AvgIpc) is 2.19. The Morgan fingerprint density at radius 1 is 1.31 bits per heavy atom. The lowest BCUT2D eigenvalue weighted by Crippen LogP contribution is -2.06. The first-order valence-corrected chi connectivity index (χ1v) is 4.94. The molecule has 0 bridgehead atoms. The Morgan fingerprint density at radius 3 is 2.62 bits per heavy atom. The second kappa shape index (κ2) is 3.71. The molecule has 1 aromatic heterocycles. The molecule has 0 aliphatic carbocycles. The van der Waals surface area contributed by atoms with E-state index in [2.05, 4.69) is 20.3 Å². The maximum atomic E-state index is 13.0. The predicted molar refractivity (Wildman–Crippen MR) is 57.1 cm³/mol. The van der Waals surface area contributed by atoms with Crippen LogP contribution < -0.4 is 5.63 Å². The van der Waals surface area contributed by atoms with E-state index in [-0.39, 0.29) is 5.39 Å². The number of hydrogen-bond donors (Lipinski definition) is 1. The molecule has 0 spiro atoms.